The third-order valence-corrected chi connectivity index (χ3v) is 7.02. The standard InChI is InChI=1S/C28H54N2O3/c1-6-8-9-10-11-12-13-14-15-18-28(32)33-26(23-30-19-16-17-27(30)31)22-29(5)21-25(4)20-24(3)7-2/h24-26H,6-23H2,1-5H3. The number of ether oxygens (including phenoxy) is 1. The maximum atomic E-state index is 12.6. The fourth-order valence-electron chi connectivity index (χ4n) is 4.98. The Morgan fingerprint density at radius 3 is 2.18 bits per heavy atom. The fourth-order valence-corrected chi connectivity index (χ4v) is 4.98. The lowest BCUT2D eigenvalue weighted by atomic mass is 9.95. The van der Waals surface area contributed by atoms with Crippen molar-refractivity contribution in [2.75, 3.05) is 33.2 Å². The second-order valence-corrected chi connectivity index (χ2v) is 10.7. The number of rotatable bonds is 20. The topological polar surface area (TPSA) is 49.9 Å². The van der Waals surface area contributed by atoms with Gasteiger partial charge in [0.25, 0.3) is 0 Å². The van der Waals surface area contributed by atoms with Crippen molar-refractivity contribution >= 4 is 11.9 Å². The molecule has 0 aromatic carbocycles. The van der Waals surface area contributed by atoms with Crippen molar-refractivity contribution in [3.05, 3.63) is 0 Å². The molecule has 0 aromatic heterocycles. The normalized spacial score (nSPS) is 16.9. The molecule has 0 aromatic rings. The largest absolute Gasteiger partial charge is 0.459 e. The summed E-state index contributed by atoms with van der Waals surface area (Å²) in [6.07, 6.45) is 15.4. The molecule has 1 aliphatic heterocycles. The first-order valence-corrected chi connectivity index (χ1v) is 14.0. The smallest absolute Gasteiger partial charge is 0.306 e. The molecule has 5 nitrogen and oxygen atoms in total. The number of esters is 1. The lowest BCUT2D eigenvalue weighted by Gasteiger charge is -2.29. The first kappa shape index (κ1) is 29.9. The molecule has 3 unspecified atom stereocenters. The van der Waals surface area contributed by atoms with Gasteiger partial charge in [0.15, 0.2) is 0 Å². The molecule has 0 aliphatic carbocycles. The molecular formula is C28H54N2O3. The molecule has 1 heterocycles. The second kappa shape index (κ2) is 18.3. The molecule has 1 aliphatic rings. The Balaban J connectivity index is 2.39. The quantitative estimate of drug-likeness (QED) is 0.153. The highest BCUT2D eigenvalue weighted by Crippen LogP contribution is 2.17. The Hall–Kier alpha value is -1.10. The number of unbranched alkanes of at least 4 members (excludes halogenated alkanes) is 8. The fraction of sp³-hybridized carbons (Fsp3) is 0.929. The molecule has 5 heteroatoms. The molecule has 0 N–H and O–H groups in total. The predicted molar refractivity (Wildman–Crippen MR) is 138 cm³/mol. The van der Waals surface area contributed by atoms with Crippen LogP contribution in [0.3, 0.4) is 0 Å². The van der Waals surface area contributed by atoms with Crippen LogP contribution in [0, 0.1) is 11.8 Å². The van der Waals surface area contributed by atoms with E-state index in [4.69, 9.17) is 4.74 Å². The number of nitrogens with zero attached hydrogens (tertiary/aromatic N) is 2. The molecule has 1 amide bonds. The van der Waals surface area contributed by atoms with Crippen LogP contribution in [0.4, 0.5) is 0 Å². The molecule has 1 fully saturated rings. The summed E-state index contributed by atoms with van der Waals surface area (Å²) in [5.74, 6) is 1.44. The number of carbonyl (C=O) groups excluding carboxylic acids is 2. The van der Waals surface area contributed by atoms with Gasteiger partial charge in [0.05, 0.1) is 6.54 Å². The zero-order valence-corrected chi connectivity index (χ0v) is 22.6. The third kappa shape index (κ3) is 14.7. The van der Waals surface area contributed by atoms with Crippen molar-refractivity contribution in [3.8, 4) is 0 Å². The van der Waals surface area contributed by atoms with E-state index in [0.717, 1.165) is 38.3 Å². The van der Waals surface area contributed by atoms with Crippen LogP contribution in [-0.4, -0.2) is 61.0 Å². The number of likely N-dealkylation sites (tertiary alicyclic amines) is 1. The van der Waals surface area contributed by atoms with E-state index in [-0.39, 0.29) is 18.0 Å². The monoisotopic (exact) mass is 466 g/mol. The van der Waals surface area contributed by atoms with Gasteiger partial charge in [0.1, 0.15) is 6.10 Å². The number of hydrogen-bond donors (Lipinski definition) is 0. The molecule has 33 heavy (non-hydrogen) atoms. The van der Waals surface area contributed by atoms with Gasteiger partial charge in [0.2, 0.25) is 5.91 Å². The van der Waals surface area contributed by atoms with Gasteiger partial charge in [-0.15, -0.1) is 0 Å². The maximum Gasteiger partial charge on any atom is 0.306 e. The number of amides is 1. The average Bonchev–Trinajstić information content (AvgIpc) is 3.16. The lowest BCUT2D eigenvalue weighted by Crippen LogP contribution is -2.43. The second-order valence-electron chi connectivity index (χ2n) is 10.7. The summed E-state index contributed by atoms with van der Waals surface area (Å²) in [5, 5.41) is 0. The number of likely N-dealkylation sites (N-methyl/N-ethyl adjacent to an activating group) is 1. The summed E-state index contributed by atoms with van der Waals surface area (Å²) < 4.78 is 5.91. The third-order valence-electron chi connectivity index (χ3n) is 7.02. The van der Waals surface area contributed by atoms with Crippen LogP contribution in [-0.2, 0) is 14.3 Å². The van der Waals surface area contributed by atoms with Crippen molar-refractivity contribution in [1.82, 2.24) is 9.80 Å². The summed E-state index contributed by atoms with van der Waals surface area (Å²) in [6, 6.07) is 0. The van der Waals surface area contributed by atoms with Crippen LogP contribution in [0.25, 0.3) is 0 Å². The molecule has 0 saturated carbocycles. The Bertz CT molecular complexity index is 525. The zero-order chi connectivity index (χ0) is 24.5. The van der Waals surface area contributed by atoms with Crippen LogP contribution in [0.1, 0.15) is 118 Å². The van der Waals surface area contributed by atoms with Gasteiger partial charge in [-0.05, 0) is 38.1 Å². The van der Waals surface area contributed by atoms with Gasteiger partial charge in [-0.25, -0.2) is 0 Å². The highest BCUT2D eigenvalue weighted by molar-refractivity contribution is 5.78. The maximum absolute atomic E-state index is 12.6. The van der Waals surface area contributed by atoms with E-state index < -0.39 is 0 Å². The van der Waals surface area contributed by atoms with Crippen molar-refractivity contribution in [1.29, 1.82) is 0 Å². The SMILES string of the molecule is CCCCCCCCCCCC(=O)OC(CN(C)CC(C)CC(C)CC)CN1CCCC1=O. The molecule has 3 atom stereocenters. The Kier molecular flexibility index (Phi) is 16.6. The average molecular weight is 467 g/mol. The van der Waals surface area contributed by atoms with Crippen LogP contribution < -0.4 is 0 Å². The van der Waals surface area contributed by atoms with E-state index >= 15 is 0 Å². The molecule has 1 saturated heterocycles. The van der Waals surface area contributed by atoms with Crippen molar-refractivity contribution < 1.29 is 14.3 Å². The van der Waals surface area contributed by atoms with Crippen LogP contribution in [0.15, 0.2) is 0 Å². The van der Waals surface area contributed by atoms with Gasteiger partial charge in [-0.2, -0.15) is 0 Å². The minimum Gasteiger partial charge on any atom is -0.459 e. The van der Waals surface area contributed by atoms with Gasteiger partial charge in [-0.1, -0.05) is 85.5 Å². The summed E-state index contributed by atoms with van der Waals surface area (Å²) in [6.45, 7) is 12.1. The minimum absolute atomic E-state index is 0.101. The van der Waals surface area contributed by atoms with E-state index in [0.29, 0.717) is 31.8 Å². The first-order chi connectivity index (χ1) is 15.8. The van der Waals surface area contributed by atoms with E-state index in [9.17, 15) is 9.59 Å². The van der Waals surface area contributed by atoms with E-state index in [1.807, 2.05) is 4.90 Å². The van der Waals surface area contributed by atoms with Crippen LogP contribution >= 0.6 is 0 Å². The van der Waals surface area contributed by atoms with Crippen LogP contribution in [0.5, 0.6) is 0 Å². The summed E-state index contributed by atoms with van der Waals surface area (Å²) >= 11 is 0. The van der Waals surface area contributed by atoms with E-state index in [1.165, 1.54) is 57.8 Å². The molecular weight excluding hydrogens is 412 g/mol. The van der Waals surface area contributed by atoms with E-state index in [2.05, 4.69) is 39.6 Å². The first-order valence-electron chi connectivity index (χ1n) is 14.0. The highest BCUT2D eigenvalue weighted by Gasteiger charge is 2.26. The molecule has 194 valence electrons. The van der Waals surface area contributed by atoms with Gasteiger partial charge in [-0.3, -0.25) is 9.59 Å². The molecule has 0 spiro atoms. The summed E-state index contributed by atoms with van der Waals surface area (Å²) in [7, 11) is 2.11. The summed E-state index contributed by atoms with van der Waals surface area (Å²) in [4.78, 5) is 28.9. The summed E-state index contributed by atoms with van der Waals surface area (Å²) in [5.41, 5.74) is 0. The van der Waals surface area contributed by atoms with Gasteiger partial charge >= 0.3 is 5.97 Å². The lowest BCUT2D eigenvalue weighted by molar-refractivity contribution is -0.152. The predicted octanol–water partition coefficient (Wildman–Crippen LogP) is 6.45. The number of hydrogen-bond acceptors (Lipinski definition) is 4. The van der Waals surface area contributed by atoms with E-state index in [1.54, 1.807) is 0 Å². The zero-order valence-electron chi connectivity index (χ0n) is 22.6. The van der Waals surface area contributed by atoms with Gasteiger partial charge in [0, 0.05) is 32.5 Å². The highest BCUT2D eigenvalue weighted by atomic mass is 16.5. The minimum atomic E-state index is -0.237. The Morgan fingerprint density at radius 2 is 1.61 bits per heavy atom. The Morgan fingerprint density at radius 1 is 0.970 bits per heavy atom. The van der Waals surface area contributed by atoms with Crippen molar-refractivity contribution in [2.24, 2.45) is 11.8 Å². The van der Waals surface area contributed by atoms with Crippen LogP contribution in [0.2, 0.25) is 0 Å². The molecule has 0 radical (unpaired) electrons. The van der Waals surface area contributed by atoms with Crippen molar-refractivity contribution in [3.63, 3.8) is 0 Å². The van der Waals surface area contributed by atoms with Gasteiger partial charge < -0.3 is 14.5 Å². The molecule has 0 bridgehead atoms. The Labute approximate surface area is 205 Å². The number of carbonyl (C=O) groups is 2. The van der Waals surface area contributed by atoms with Crippen molar-refractivity contribution in [2.45, 2.75) is 124 Å². The molecule has 1 rings (SSSR count).